The fraction of sp³-hybridized carbons (Fsp3) is 0.200. The number of nitrogens with one attached hydrogen (secondary N) is 2. The second-order valence-electron chi connectivity index (χ2n) is 8.60. The SMILES string of the molecule is Cc1ccc(S(=O)(=O)NC(=NCCNS(N)(=O)=O)N2C[C@@H](c3ccccc3)C(c3ccc(F)cc3)=N2)cc1. The highest BCUT2D eigenvalue weighted by Gasteiger charge is 2.33. The van der Waals surface area contributed by atoms with Crippen LogP contribution in [-0.2, 0) is 20.2 Å². The van der Waals surface area contributed by atoms with E-state index < -0.39 is 26.0 Å². The fourth-order valence-corrected chi connectivity index (χ4v) is 5.27. The second-order valence-corrected chi connectivity index (χ2v) is 11.7. The van der Waals surface area contributed by atoms with E-state index in [1.807, 2.05) is 37.3 Å². The van der Waals surface area contributed by atoms with Crippen LogP contribution in [0.25, 0.3) is 0 Å². The second kappa shape index (κ2) is 11.4. The first-order valence-electron chi connectivity index (χ1n) is 11.6. The molecule has 1 atom stereocenters. The van der Waals surface area contributed by atoms with Crippen molar-refractivity contribution in [3.63, 3.8) is 0 Å². The van der Waals surface area contributed by atoms with Crippen LogP contribution < -0.4 is 14.6 Å². The zero-order valence-corrected chi connectivity index (χ0v) is 22.1. The molecule has 38 heavy (non-hydrogen) atoms. The average Bonchev–Trinajstić information content (AvgIpc) is 3.32. The molecule has 1 aliphatic rings. The van der Waals surface area contributed by atoms with Crippen LogP contribution in [0.5, 0.6) is 0 Å². The fourth-order valence-electron chi connectivity index (χ4n) is 3.87. The summed E-state index contributed by atoms with van der Waals surface area (Å²) >= 11 is 0. The van der Waals surface area contributed by atoms with Crippen molar-refractivity contribution in [2.75, 3.05) is 19.6 Å². The van der Waals surface area contributed by atoms with E-state index in [0.29, 0.717) is 11.3 Å². The van der Waals surface area contributed by atoms with Gasteiger partial charge in [0.2, 0.25) is 5.96 Å². The number of aliphatic imine (C=N–C) groups is 1. The third kappa shape index (κ3) is 7.01. The first-order chi connectivity index (χ1) is 18.0. The van der Waals surface area contributed by atoms with Crippen LogP contribution in [-0.4, -0.2) is 53.2 Å². The van der Waals surface area contributed by atoms with Gasteiger partial charge >= 0.3 is 0 Å². The predicted molar refractivity (Wildman–Crippen MR) is 144 cm³/mol. The maximum Gasteiger partial charge on any atom is 0.274 e. The van der Waals surface area contributed by atoms with Gasteiger partial charge in [0.15, 0.2) is 0 Å². The van der Waals surface area contributed by atoms with Crippen molar-refractivity contribution in [3.05, 3.63) is 101 Å². The highest BCUT2D eigenvalue weighted by Crippen LogP contribution is 2.29. The zero-order valence-electron chi connectivity index (χ0n) is 20.5. The molecule has 0 radical (unpaired) electrons. The molecular formula is C25H27FN6O4S2. The van der Waals surface area contributed by atoms with Crippen LogP contribution in [0.3, 0.4) is 0 Å². The summed E-state index contributed by atoms with van der Waals surface area (Å²) in [6.45, 7) is 1.80. The third-order valence-corrected chi connectivity index (χ3v) is 7.68. The molecule has 0 saturated heterocycles. The van der Waals surface area contributed by atoms with Crippen molar-refractivity contribution >= 4 is 31.9 Å². The normalized spacial score (nSPS) is 16.4. The van der Waals surface area contributed by atoms with Gasteiger partial charge < -0.3 is 0 Å². The number of aryl methyl sites for hydroxylation is 1. The van der Waals surface area contributed by atoms with Gasteiger partial charge in [-0.1, -0.05) is 60.2 Å². The smallest absolute Gasteiger partial charge is 0.249 e. The van der Waals surface area contributed by atoms with Gasteiger partial charge in [-0.3, -0.25) is 0 Å². The minimum Gasteiger partial charge on any atom is -0.249 e. The summed E-state index contributed by atoms with van der Waals surface area (Å²) < 4.78 is 67.1. The van der Waals surface area contributed by atoms with Crippen molar-refractivity contribution in [1.29, 1.82) is 0 Å². The Balaban J connectivity index is 1.71. The average molecular weight is 559 g/mol. The van der Waals surface area contributed by atoms with Gasteiger partial charge in [0.05, 0.1) is 23.7 Å². The number of halogens is 1. The Hall–Kier alpha value is -3.65. The van der Waals surface area contributed by atoms with Crippen molar-refractivity contribution in [2.45, 2.75) is 17.7 Å². The van der Waals surface area contributed by atoms with Crippen molar-refractivity contribution in [3.8, 4) is 0 Å². The molecule has 0 aromatic heterocycles. The lowest BCUT2D eigenvalue weighted by Gasteiger charge is -2.20. The summed E-state index contributed by atoms with van der Waals surface area (Å²) in [7, 11) is -8.00. The number of hydrazone groups is 1. The molecule has 4 rings (SSSR count). The van der Waals surface area contributed by atoms with E-state index >= 15 is 0 Å². The van der Waals surface area contributed by atoms with Gasteiger partial charge in [-0.15, -0.1) is 0 Å². The molecule has 0 amide bonds. The van der Waals surface area contributed by atoms with Crippen LogP contribution in [0.15, 0.2) is 93.9 Å². The number of nitrogens with zero attached hydrogens (tertiary/aromatic N) is 3. The summed E-state index contributed by atoms with van der Waals surface area (Å²) in [5.74, 6) is -0.769. The standard InChI is InChI=1S/C25H27FN6O4S2/c1-18-7-13-22(14-8-18)37(33,34)31-25(28-15-16-29-38(27,35)36)32-17-23(19-5-3-2-4-6-19)24(30-32)20-9-11-21(26)12-10-20/h2-14,23,29H,15-17H2,1H3,(H,28,31)(H2,27,35,36)/t23-/m0/s1. The quantitative estimate of drug-likeness (QED) is 0.220. The monoisotopic (exact) mass is 558 g/mol. The molecule has 1 heterocycles. The van der Waals surface area contributed by atoms with Crippen LogP contribution in [0.4, 0.5) is 4.39 Å². The molecule has 0 spiro atoms. The Morgan fingerprint density at radius 3 is 2.32 bits per heavy atom. The molecule has 0 unspecified atom stereocenters. The Morgan fingerprint density at radius 2 is 1.68 bits per heavy atom. The molecule has 3 aromatic rings. The molecule has 0 aliphatic carbocycles. The number of nitrogens with two attached hydrogens (primary N) is 1. The highest BCUT2D eigenvalue weighted by atomic mass is 32.2. The highest BCUT2D eigenvalue weighted by molar-refractivity contribution is 7.90. The number of rotatable bonds is 8. The molecule has 3 aromatic carbocycles. The first-order valence-corrected chi connectivity index (χ1v) is 14.6. The maximum absolute atomic E-state index is 13.6. The van der Waals surface area contributed by atoms with Crippen molar-refractivity contribution in [1.82, 2.24) is 14.5 Å². The predicted octanol–water partition coefficient (Wildman–Crippen LogP) is 2.07. The third-order valence-electron chi connectivity index (χ3n) is 5.73. The Labute approximate surface area is 221 Å². The molecule has 10 nitrogen and oxygen atoms in total. The lowest BCUT2D eigenvalue weighted by atomic mass is 9.91. The van der Waals surface area contributed by atoms with E-state index in [0.717, 1.165) is 11.1 Å². The van der Waals surface area contributed by atoms with Crippen molar-refractivity contribution in [2.24, 2.45) is 15.2 Å². The molecule has 200 valence electrons. The summed E-state index contributed by atoms with van der Waals surface area (Å²) in [5, 5.41) is 11.1. The molecule has 1 aliphatic heterocycles. The van der Waals surface area contributed by atoms with Crippen LogP contribution in [0, 0.1) is 12.7 Å². The number of benzene rings is 3. The minimum atomic E-state index is -4.05. The lowest BCUT2D eigenvalue weighted by molar-refractivity contribution is 0.460. The van der Waals surface area contributed by atoms with E-state index in [1.165, 1.54) is 29.3 Å². The van der Waals surface area contributed by atoms with Gasteiger partial charge in [-0.2, -0.15) is 13.5 Å². The lowest BCUT2D eigenvalue weighted by Crippen LogP contribution is -2.42. The zero-order chi connectivity index (χ0) is 27.3. The summed E-state index contributed by atoms with van der Waals surface area (Å²) in [4.78, 5) is 4.34. The molecular weight excluding hydrogens is 531 g/mol. The Kier molecular flexibility index (Phi) is 8.21. The summed E-state index contributed by atoms with van der Waals surface area (Å²) in [5.41, 5.74) is 3.08. The molecule has 0 fully saturated rings. The van der Waals surface area contributed by atoms with Gasteiger partial charge in [0, 0.05) is 12.5 Å². The molecule has 4 N–H and O–H groups in total. The van der Waals surface area contributed by atoms with Crippen LogP contribution in [0.1, 0.15) is 22.6 Å². The maximum atomic E-state index is 13.6. The topological polar surface area (TPSA) is 146 Å². The molecule has 13 heteroatoms. The summed E-state index contributed by atoms with van der Waals surface area (Å²) in [6, 6.07) is 21.7. The number of sulfonamides is 1. The first kappa shape index (κ1) is 27.4. The molecule has 0 saturated carbocycles. The van der Waals surface area contributed by atoms with E-state index in [-0.39, 0.29) is 36.4 Å². The number of guanidine groups is 1. The van der Waals surface area contributed by atoms with Gasteiger partial charge in [0.1, 0.15) is 5.82 Å². The van der Waals surface area contributed by atoms with Crippen LogP contribution >= 0.6 is 0 Å². The molecule has 0 bridgehead atoms. The van der Waals surface area contributed by atoms with Gasteiger partial charge in [0.25, 0.3) is 20.2 Å². The largest absolute Gasteiger partial charge is 0.274 e. The van der Waals surface area contributed by atoms with E-state index in [2.05, 4.69) is 19.5 Å². The minimum absolute atomic E-state index is 0.0278. The van der Waals surface area contributed by atoms with E-state index in [4.69, 9.17) is 5.14 Å². The van der Waals surface area contributed by atoms with Crippen molar-refractivity contribution < 1.29 is 21.2 Å². The van der Waals surface area contributed by atoms with E-state index in [9.17, 15) is 21.2 Å². The van der Waals surface area contributed by atoms with Gasteiger partial charge in [-0.25, -0.2) is 37.4 Å². The summed E-state index contributed by atoms with van der Waals surface area (Å²) in [6.07, 6.45) is 0. The number of hydrogen-bond acceptors (Lipinski definition) is 6. The van der Waals surface area contributed by atoms with E-state index in [1.54, 1.807) is 24.3 Å². The Bertz CT molecular complexity index is 1540. The number of hydrogen-bond donors (Lipinski definition) is 3. The Morgan fingerprint density at radius 1 is 1.03 bits per heavy atom. The van der Waals surface area contributed by atoms with Crippen LogP contribution in [0.2, 0.25) is 0 Å². The van der Waals surface area contributed by atoms with Gasteiger partial charge in [-0.05, 0) is 42.3 Å².